The predicted octanol–water partition coefficient (Wildman–Crippen LogP) is 5.89. The van der Waals surface area contributed by atoms with Crippen LogP contribution in [0.15, 0.2) is 54.9 Å². The second-order valence-corrected chi connectivity index (χ2v) is 9.26. The summed E-state index contributed by atoms with van der Waals surface area (Å²) in [6.45, 7) is 2.03. The molecular weight excluding hydrogens is 501 g/mol. The van der Waals surface area contributed by atoms with Crippen LogP contribution in [0, 0.1) is 5.41 Å². The normalized spacial score (nSPS) is 17.0. The Labute approximate surface area is 216 Å². The molecule has 38 heavy (non-hydrogen) atoms. The molecule has 0 bridgehead atoms. The minimum atomic E-state index is -4.68. The number of hydrogen-bond acceptors (Lipinski definition) is 5. The van der Waals surface area contributed by atoms with Gasteiger partial charge < -0.3 is 10.4 Å². The van der Waals surface area contributed by atoms with Gasteiger partial charge in [0, 0.05) is 16.8 Å². The van der Waals surface area contributed by atoms with Crippen molar-refractivity contribution >= 4 is 29.3 Å². The number of amides is 2. The summed E-state index contributed by atoms with van der Waals surface area (Å²) in [5.74, 6) is -2.06. The fraction of sp³-hybridized carbons (Fsp3) is 0.296. The summed E-state index contributed by atoms with van der Waals surface area (Å²) in [5.41, 5.74) is 1.36. The van der Waals surface area contributed by atoms with Crippen molar-refractivity contribution in [2.75, 3.05) is 10.6 Å². The van der Waals surface area contributed by atoms with Gasteiger partial charge in [-0.1, -0.05) is 31.2 Å². The standard InChI is InChI=1S/C27H25F3N4O4/c1-2-16-3-6-19(7-4-16)33-25(38)34-22-14-31-21(13-32-22)18-5-8-20-17(11-18)9-10-26(24(20)37,12-23(35)36)15-27(28,29)30/h3-8,11,13-14H,2,9-10,12,15H2,1H3,(H,35,36)(H2,32,33,34,38). The number of urea groups is 1. The quantitative estimate of drug-likeness (QED) is 0.353. The minimum absolute atomic E-state index is 0.0837. The molecule has 4 rings (SSSR count). The predicted molar refractivity (Wildman–Crippen MR) is 134 cm³/mol. The second-order valence-electron chi connectivity index (χ2n) is 9.26. The first-order valence-corrected chi connectivity index (χ1v) is 11.9. The van der Waals surface area contributed by atoms with Crippen LogP contribution in [0.2, 0.25) is 0 Å². The SMILES string of the molecule is CCc1ccc(NC(=O)Nc2cnc(-c3ccc4c(c3)CCC(CC(=O)O)(CC(F)(F)F)C4=O)cn2)cc1. The van der Waals surface area contributed by atoms with Crippen molar-refractivity contribution in [1.29, 1.82) is 0 Å². The van der Waals surface area contributed by atoms with E-state index in [2.05, 4.69) is 20.6 Å². The number of carboxylic acids is 1. The molecule has 0 saturated carbocycles. The fourth-order valence-corrected chi connectivity index (χ4v) is 4.67. The zero-order valence-electron chi connectivity index (χ0n) is 20.4. The van der Waals surface area contributed by atoms with Crippen LogP contribution in [-0.2, 0) is 17.6 Å². The van der Waals surface area contributed by atoms with Gasteiger partial charge >= 0.3 is 18.2 Å². The van der Waals surface area contributed by atoms with Crippen molar-refractivity contribution in [3.05, 3.63) is 71.5 Å². The maximum atomic E-state index is 13.2. The lowest BCUT2D eigenvalue weighted by Gasteiger charge is -2.36. The number of carbonyl (C=O) groups excluding carboxylic acids is 2. The summed E-state index contributed by atoms with van der Waals surface area (Å²) in [6, 6.07) is 11.5. The maximum absolute atomic E-state index is 13.2. The number of anilines is 2. The van der Waals surface area contributed by atoms with Gasteiger partial charge in [-0.15, -0.1) is 0 Å². The summed E-state index contributed by atoms with van der Waals surface area (Å²) in [7, 11) is 0. The number of rotatable bonds is 7. The van der Waals surface area contributed by atoms with Crippen LogP contribution in [-0.4, -0.2) is 39.0 Å². The Hall–Kier alpha value is -4.28. The number of carboxylic acid groups (broad SMARTS) is 1. The highest BCUT2D eigenvalue weighted by atomic mass is 19.4. The number of aromatic nitrogens is 2. The van der Waals surface area contributed by atoms with Gasteiger partial charge in [0.1, 0.15) is 0 Å². The summed E-state index contributed by atoms with van der Waals surface area (Å²) >= 11 is 0. The number of nitrogens with zero attached hydrogens (tertiary/aromatic N) is 2. The molecule has 2 aromatic carbocycles. The number of hydrogen-bond donors (Lipinski definition) is 3. The highest BCUT2D eigenvalue weighted by Gasteiger charge is 2.50. The van der Waals surface area contributed by atoms with Crippen molar-refractivity contribution in [3.63, 3.8) is 0 Å². The highest BCUT2D eigenvalue weighted by molar-refractivity contribution is 6.04. The number of fused-ring (bicyclic) bond motifs is 1. The van der Waals surface area contributed by atoms with Crippen molar-refractivity contribution < 1.29 is 32.7 Å². The van der Waals surface area contributed by atoms with Crippen LogP contribution < -0.4 is 10.6 Å². The van der Waals surface area contributed by atoms with E-state index in [9.17, 15) is 32.7 Å². The molecular formula is C27H25F3N4O4. The third-order valence-corrected chi connectivity index (χ3v) is 6.54. The molecule has 11 heteroatoms. The molecule has 3 aromatic rings. The maximum Gasteiger partial charge on any atom is 0.390 e. The molecule has 1 unspecified atom stereocenters. The van der Waals surface area contributed by atoms with Gasteiger partial charge in [-0.3, -0.25) is 19.9 Å². The average molecular weight is 527 g/mol. The molecule has 1 aliphatic carbocycles. The lowest BCUT2D eigenvalue weighted by molar-refractivity contribution is -0.160. The molecule has 198 valence electrons. The van der Waals surface area contributed by atoms with Crippen LogP contribution in [0.4, 0.5) is 29.5 Å². The van der Waals surface area contributed by atoms with E-state index < -0.39 is 42.2 Å². The Morgan fingerprint density at radius 3 is 2.39 bits per heavy atom. The number of ketones is 1. The van der Waals surface area contributed by atoms with Crippen LogP contribution in [0.25, 0.3) is 11.3 Å². The third-order valence-electron chi connectivity index (χ3n) is 6.54. The minimum Gasteiger partial charge on any atom is -0.481 e. The lowest BCUT2D eigenvalue weighted by Crippen LogP contribution is -2.41. The number of alkyl halides is 3. The highest BCUT2D eigenvalue weighted by Crippen LogP contribution is 2.46. The Morgan fingerprint density at radius 1 is 1.05 bits per heavy atom. The van der Waals surface area contributed by atoms with Gasteiger partial charge in [-0.05, 0) is 48.6 Å². The van der Waals surface area contributed by atoms with Gasteiger partial charge in [0.25, 0.3) is 0 Å². The molecule has 3 N–H and O–H groups in total. The molecule has 2 amide bonds. The zero-order chi connectivity index (χ0) is 27.5. The van der Waals surface area contributed by atoms with Crippen LogP contribution in [0.5, 0.6) is 0 Å². The third kappa shape index (κ3) is 6.16. The van der Waals surface area contributed by atoms with Crippen molar-refractivity contribution in [2.45, 2.75) is 45.2 Å². The van der Waals surface area contributed by atoms with E-state index in [1.165, 1.54) is 24.5 Å². The van der Waals surface area contributed by atoms with Crippen molar-refractivity contribution in [2.24, 2.45) is 5.41 Å². The van der Waals surface area contributed by atoms with E-state index in [0.29, 0.717) is 22.5 Å². The van der Waals surface area contributed by atoms with E-state index in [1.807, 2.05) is 19.1 Å². The first kappa shape index (κ1) is 26.8. The number of aryl methyl sites for hydroxylation is 2. The van der Waals surface area contributed by atoms with Gasteiger partial charge in [-0.2, -0.15) is 13.2 Å². The Balaban J connectivity index is 1.47. The first-order valence-electron chi connectivity index (χ1n) is 11.9. The summed E-state index contributed by atoms with van der Waals surface area (Å²) in [4.78, 5) is 45.1. The second kappa shape index (κ2) is 10.6. The van der Waals surface area contributed by atoms with Crippen LogP contribution >= 0.6 is 0 Å². The number of carbonyl (C=O) groups is 3. The summed E-state index contributed by atoms with van der Waals surface area (Å²) in [6.07, 6.45) is -3.47. The van der Waals surface area contributed by atoms with Crippen molar-refractivity contribution in [3.8, 4) is 11.3 Å². The van der Waals surface area contributed by atoms with Crippen molar-refractivity contribution in [1.82, 2.24) is 9.97 Å². The number of nitrogens with one attached hydrogen (secondary N) is 2. The molecule has 1 atom stereocenters. The average Bonchev–Trinajstić information content (AvgIpc) is 2.86. The summed E-state index contributed by atoms with van der Waals surface area (Å²) < 4.78 is 39.7. The Morgan fingerprint density at radius 2 is 1.79 bits per heavy atom. The molecule has 0 spiro atoms. The smallest absolute Gasteiger partial charge is 0.390 e. The Bertz CT molecular complexity index is 1360. The number of halogens is 3. The van der Waals surface area contributed by atoms with Gasteiger partial charge in [0.15, 0.2) is 11.6 Å². The van der Waals surface area contributed by atoms with E-state index >= 15 is 0 Å². The van der Waals surface area contributed by atoms with E-state index in [-0.39, 0.29) is 24.2 Å². The van der Waals surface area contributed by atoms with Gasteiger partial charge in [-0.25, -0.2) is 9.78 Å². The Kier molecular flexibility index (Phi) is 7.47. The zero-order valence-corrected chi connectivity index (χ0v) is 20.4. The summed E-state index contributed by atoms with van der Waals surface area (Å²) in [5, 5.41) is 14.5. The first-order chi connectivity index (χ1) is 18.0. The topological polar surface area (TPSA) is 121 Å². The van der Waals surface area contributed by atoms with Crippen LogP contribution in [0.1, 0.15) is 47.7 Å². The van der Waals surface area contributed by atoms with Gasteiger partial charge in [0.05, 0.1) is 36.3 Å². The largest absolute Gasteiger partial charge is 0.481 e. The molecule has 1 heterocycles. The number of benzene rings is 2. The molecule has 0 saturated heterocycles. The molecule has 1 aromatic heterocycles. The molecule has 1 aliphatic rings. The van der Waals surface area contributed by atoms with E-state index in [1.54, 1.807) is 18.2 Å². The fourth-order valence-electron chi connectivity index (χ4n) is 4.67. The molecule has 8 nitrogen and oxygen atoms in total. The molecule has 0 fully saturated rings. The monoisotopic (exact) mass is 526 g/mol. The van der Waals surface area contributed by atoms with E-state index in [4.69, 9.17) is 0 Å². The number of aliphatic carboxylic acids is 1. The molecule has 0 aliphatic heterocycles. The number of Topliss-reactive ketones (excluding diaryl/α,β-unsaturated/α-hetero) is 1. The lowest BCUT2D eigenvalue weighted by atomic mass is 9.66. The van der Waals surface area contributed by atoms with Crippen LogP contribution in [0.3, 0.4) is 0 Å². The van der Waals surface area contributed by atoms with E-state index in [0.717, 1.165) is 12.0 Å². The molecule has 0 radical (unpaired) electrons. The van der Waals surface area contributed by atoms with Gasteiger partial charge in [0.2, 0.25) is 0 Å².